The molecule has 0 bridgehead atoms. The molecule has 0 aliphatic carbocycles. The number of hydrogen-bond donors (Lipinski definition) is 2. The molecule has 3 N–H and O–H groups in total. The van der Waals surface area contributed by atoms with Gasteiger partial charge in [0.15, 0.2) is 0 Å². The Labute approximate surface area is 105 Å². The molecule has 1 unspecified atom stereocenters. The van der Waals surface area contributed by atoms with Crippen LogP contribution in [0.3, 0.4) is 0 Å². The standard InChI is InChI=1S/C10H15N5OS/c1-4-7(8(11)17)9(16)13-10-12-5(2)6(3)14-15-10/h7H,4H2,1-3H3,(H2,11,17)(H,12,13,15,16). The van der Waals surface area contributed by atoms with Crippen molar-refractivity contribution in [3.63, 3.8) is 0 Å². The molecule has 0 spiro atoms. The highest BCUT2D eigenvalue weighted by atomic mass is 32.1. The van der Waals surface area contributed by atoms with Gasteiger partial charge in [-0.05, 0) is 20.3 Å². The molecule has 0 aromatic carbocycles. The molecule has 0 aliphatic rings. The maximum atomic E-state index is 11.8. The summed E-state index contributed by atoms with van der Waals surface area (Å²) < 4.78 is 0. The van der Waals surface area contributed by atoms with E-state index in [1.165, 1.54) is 0 Å². The molecule has 0 radical (unpaired) electrons. The normalized spacial score (nSPS) is 11.9. The minimum Gasteiger partial charge on any atom is -0.393 e. The van der Waals surface area contributed by atoms with Crippen LogP contribution in [0.2, 0.25) is 0 Å². The van der Waals surface area contributed by atoms with Crippen molar-refractivity contribution >= 4 is 29.1 Å². The third kappa shape index (κ3) is 3.42. The molecule has 0 fully saturated rings. The van der Waals surface area contributed by atoms with E-state index in [0.717, 1.165) is 11.4 Å². The van der Waals surface area contributed by atoms with Gasteiger partial charge in [0.25, 0.3) is 0 Å². The van der Waals surface area contributed by atoms with Gasteiger partial charge in [0.1, 0.15) is 0 Å². The SMILES string of the molecule is CCC(C(=O)Nc1nnc(C)c(C)n1)C(N)=S. The van der Waals surface area contributed by atoms with Crippen LogP contribution in [0.1, 0.15) is 24.7 Å². The van der Waals surface area contributed by atoms with Gasteiger partial charge in [0, 0.05) is 0 Å². The van der Waals surface area contributed by atoms with Crippen LogP contribution in [-0.2, 0) is 4.79 Å². The van der Waals surface area contributed by atoms with Crippen molar-refractivity contribution in [3.8, 4) is 0 Å². The molecule has 0 saturated heterocycles. The van der Waals surface area contributed by atoms with E-state index in [-0.39, 0.29) is 16.8 Å². The van der Waals surface area contributed by atoms with E-state index in [2.05, 4.69) is 20.5 Å². The first-order chi connectivity index (χ1) is 7.95. The number of rotatable bonds is 4. The van der Waals surface area contributed by atoms with Crippen LogP contribution in [0, 0.1) is 19.8 Å². The van der Waals surface area contributed by atoms with Crippen LogP contribution >= 0.6 is 12.2 Å². The first-order valence-electron chi connectivity index (χ1n) is 5.23. The van der Waals surface area contributed by atoms with Crippen molar-refractivity contribution in [1.82, 2.24) is 15.2 Å². The summed E-state index contributed by atoms with van der Waals surface area (Å²) in [5.74, 6) is -0.631. The molecule has 1 aromatic heterocycles. The molecule has 1 aromatic rings. The average Bonchev–Trinajstić information content (AvgIpc) is 2.24. The minimum atomic E-state index is -0.504. The Kier molecular flexibility index (Phi) is 4.45. The number of nitrogens with one attached hydrogen (secondary N) is 1. The number of aryl methyl sites for hydroxylation is 2. The van der Waals surface area contributed by atoms with Gasteiger partial charge in [-0.3, -0.25) is 10.1 Å². The van der Waals surface area contributed by atoms with Crippen molar-refractivity contribution in [3.05, 3.63) is 11.4 Å². The van der Waals surface area contributed by atoms with Gasteiger partial charge in [-0.2, -0.15) is 5.10 Å². The Morgan fingerprint density at radius 2 is 2.06 bits per heavy atom. The molecule has 0 saturated carbocycles. The zero-order valence-electron chi connectivity index (χ0n) is 10.0. The highest BCUT2D eigenvalue weighted by Crippen LogP contribution is 2.08. The first kappa shape index (κ1) is 13.4. The van der Waals surface area contributed by atoms with Crippen molar-refractivity contribution in [2.45, 2.75) is 27.2 Å². The van der Waals surface area contributed by atoms with Crippen molar-refractivity contribution in [2.75, 3.05) is 5.32 Å². The van der Waals surface area contributed by atoms with E-state index < -0.39 is 5.92 Å². The molecule has 1 rings (SSSR count). The predicted octanol–water partition coefficient (Wildman–Crippen LogP) is 0.739. The fourth-order valence-electron chi connectivity index (χ4n) is 1.22. The van der Waals surface area contributed by atoms with Crippen LogP contribution in [0.25, 0.3) is 0 Å². The molecule has 1 amide bonds. The third-order valence-electron chi connectivity index (χ3n) is 2.40. The molecule has 7 heteroatoms. The summed E-state index contributed by atoms with van der Waals surface area (Å²) in [6.45, 7) is 5.43. The Hall–Kier alpha value is -1.63. The number of amides is 1. The fraction of sp³-hybridized carbons (Fsp3) is 0.500. The highest BCUT2D eigenvalue weighted by Gasteiger charge is 2.20. The van der Waals surface area contributed by atoms with E-state index in [1.54, 1.807) is 13.8 Å². The molecule has 1 heterocycles. The summed E-state index contributed by atoms with van der Waals surface area (Å²) in [5, 5.41) is 10.2. The van der Waals surface area contributed by atoms with Crippen molar-refractivity contribution < 1.29 is 4.79 Å². The molecule has 0 aliphatic heterocycles. The number of hydrogen-bond acceptors (Lipinski definition) is 5. The van der Waals surface area contributed by atoms with Crippen LogP contribution in [0.4, 0.5) is 5.95 Å². The lowest BCUT2D eigenvalue weighted by Crippen LogP contribution is -2.33. The highest BCUT2D eigenvalue weighted by molar-refractivity contribution is 7.80. The number of carbonyl (C=O) groups excluding carboxylic acids is 1. The summed E-state index contributed by atoms with van der Waals surface area (Å²) in [5.41, 5.74) is 6.92. The quantitative estimate of drug-likeness (QED) is 0.769. The van der Waals surface area contributed by atoms with Crippen LogP contribution in [0.15, 0.2) is 0 Å². The van der Waals surface area contributed by atoms with Crippen LogP contribution in [0.5, 0.6) is 0 Å². The van der Waals surface area contributed by atoms with Gasteiger partial charge >= 0.3 is 0 Å². The van der Waals surface area contributed by atoms with Gasteiger partial charge < -0.3 is 5.73 Å². The topological polar surface area (TPSA) is 93.8 Å². The van der Waals surface area contributed by atoms with E-state index in [4.69, 9.17) is 18.0 Å². The zero-order chi connectivity index (χ0) is 13.0. The number of nitrogens with two attached hydrogens (primary N) is 1. The van der Waals surface area contributed by atoms with E-state index >= 15 is 0 Å². The second-order valence-corrected chi connectivity index (χ2v) is 4.13. The Bertz CT molecular complexity index is 448. The smallest absolute Gasteiger partial charge is 0.249 e. The van der Waals surface area contributed by atoms with E-state index in [1.807, 2.05) is 6.92 Å². The maximum Gasteiger partial charge on any atom is 0.249 e. The van der Waals surface area contributed by atoms with Gasteiger partial charge in [-0.15, -0.1) is 5.10 Å². The number of carbonyl (C=O) groups is 1. The molecule has 6 nitrogen and oxygen atoms in total. The predicted molar refractivity (Wildman–Crippen MR) is 68.5 cm³/mol. The van der Waals surface area contributed by atoms with E-state index in [9.17, 15) is 4.79 Å². The molecule has 17 heavy (non-hydrogen) atoms. The van der Waals surface area contributed by atoms with Crippen molar-refractivity contribution in [2.24, 2.45) is 11.7 Å². The lowest BCUT2D eigenvalue weighted by atomic mass is 10.1. The molecular formula is C10H15N5OS. The monoisotopic (exact) mass is 253 g/mol. The molecule has 1 atom stereocenters. The summed E-state index contributed by atoms with van der Waals surface area (Å²) in [6, 6.07) is 0. The Morgan fingerprint density at radius 1 is 1.41 bits per heavy atom. The third-order valence-corrected chi connectivity index (χ3v) is 2.68. The summed E-state index contributed by atoms with van der Waals surface area (Å²) in [4.78, 5) is 16.1. The summed E-state index contributed by atoms with van der Waals surface area (Å²) in [6.07, 6.45) is 0.541. The lowest BCUT2D eigenvalue weighted by molar-refractivity contribution is -0.118. The zero-order valence-corrected chi connectivity index (χ0v) is 10.8. The van der Waals surface area contributed by atoms with Gasteiger partial charge in [-0.1, -0.05) is 19.1 Å². The average molecular weight is 253 g/mol. The Morgan fingerprint density at radius 3 is 2.53 bits per heavy atom. The largest absolute Gasteiger partial charge is 0.393 e. The second-order valence-electron chi connectivity index (χ2n) is 3.66. The maximum absolute atomic E-state index is 11.8. The first-order valence-corrected chi connectivity index (χ1v) is 5.64. The summed E-state index contributed by atoms with van der Waals surface area (Å²) >= 11 is 4.82. The lowest BCUT2D eigenvalue weighted by Gasteiger charge is -2.12. The second kappa shape index (κ2) is 5.62. The Balaban J connectivity index is 2.80. The summed E-state index contributed by atoms with van der Waals surface area (Å²) in [7, 11) is 0. The number of thiocarbonyl (C=S) groups is 1. The minimum absolute atomic E-state index is 0.168. The van der Waals surface area contributed by atoms with Gasteiger partial charge in [0.2, 0.25) is 11.9 Å². The number of anilines is 1. The fourth-order valence-corrected chi connectivity index (χ4v) is 1.50. The molecular weight excluding hydrogens is 238 g/mol. The van der Waals surface area contributed by atoms with Crippen LogP contribution < -0.4 is 11.1 Å². The van der Waals surface area contributed by atoms with Gasteiger partial charge in [0.05, 0.1) is 22.3 Å². The number of nitrogens with zero attached hydrogens (tertiary/aromatic N) is 3. The van der Waals surface area contributed by atoms with Crippen molar-refractivity contribution in [1.29, 1.82) is 0 Å². The van der Waals surface area contributed by atoms with E-state index in [0.29, 0.717) is 6.42 Å². The van der Waals surface area contributed by atoms with Gasteiger partial charge in [-0.25, -0.2) is 4.98 Å². The number of aromatic nitrogens is 3. The molecule has 92 valence electrons. The van der Waals surface area contributed by atoms with Crippen LogP contribution in [-0.4, -0.2) is 26.1 Å².